The number of methoxy groups -OCH3 is 1. The second kappa shape index (κ2) is 7.45. The number of ether oxygens (including phenoxy) is 2. The van der Waals surface area contributed by atoms with Gasteiger partial charge in [-0.1, -0.05) is 18.2 Å². The minimum atomic E-state index is -0.708. The molecule has 0 saturated heterocycles. The monoisotopic (exact) mass is 303 g/mol. The molecule has 0 aliphatic heterocycles. The first-order valence-electron chi connectivity index (χ1n) is 6.91. The van der Waals surface area contributed by atoms with Gasteiger partial charge in [0.15, 0.2) is 6.10 Å². The fourth-order valence-electron chi connectivity index (χ4n) is 1.87. The van der Waals surface area contributed by atoms with Gasteiger partial charge in [0.2, 0.25) is 0 Å². The molecule has 116 valence electrons. The van der Waals surface area contributed by atoms with Crippen LogP contribution >= 0.6 is 0 Å². The smallest absolute Gasteiger partial charge is 0.261 e. The Hall–Kier alpha value is -2.56. The minimum Gasteiger partial charge on any atom is -0.497 e. The number of hydrogen-bond acceptors (Lipinski definition) is 3. The Morgan fingerprint density at radius 1 is 1.18 bits per heavy atom. The van der Waals surface area contributed by atoms with E-state index in [0.29, 0.717) is 12.3 Å². The van der Waals surface area contributed by atoms with Gasteiger partial charge in [-0.3, -0.25) is 4.79 Å². The molecule has 4 nitrogen and oxygen atoms in total. The molecule has 0 radical (unpaired) electrons. The highest BCUT2D eigenvalue weighted by atomic mass is 19.1. The number of benzene rings is 2. The van der Waals surface area contributed by atoms with Gasteiger partial charge in [0.25, 0.3) is 5.91 Å². The zero-order chi connectivity index (χ0) is 15.9. The van der Waals surface area contributed by atoms with Crippen LogP contribution in [0.1, 0.15) is 12.5 Å². The molecule has 5 heteroatoms. The Morgan fingerprint density at radius 2 is 1.91 bits per heavy atom. The van der Waals surface area contributed by atoms with E-state index < -0.39 is 11.9 Å². The molecule has 1 N–H and O–H groups in total. The van der Waals surface area contributed by atoms with Crippen LogP contribution in [0, 0.1) is 5.82 Å². The summed E-state index contributed by atoms with van der Waals surface area (Å²) in [6.45, 7) is 2.01. The lowest BCUT2D eigenvalue weighted by molar-refractivity contribution is -0.127. The molecule has 0 heterocycles. The molecule has 1 atom stereocenters. The van der Waals surface area contributed by atoms with Crippen molar-refractivity contribution in [3.05, 3.63) is 59.9 Å². The van der Waals surface area contributed by atoms with E-state index in [1.54, 1.807) is 20.1 Å². The number of carbonyl (C=O) groups excluding carboxylic acids is 1. The highest BCUT2D eigenvalue weighted by Gasteiger charge is 2.14. The maximum Gasteiger partial charge on any atom is 0.261 e. The average molecular weight is 303 g/mol. The van der Waals surface area contributed by atoms with Crippen LogP contribution in [0.2, 0.25) is 0 Å². The van der Waals surface area contributed by atoms with Crippen LogP contribution in [0.25, 0.3) is 0 Å². The molecule has 2 aromatic carbocycles. The number of amides is 1. The van der Waals surface area contributed by atoms with Crippen molar-refractivity contribution >= 4 is 5.91 Å². The second-order valence-corrected chi connectivity index (χ2v) is 4.78. The van der Waals surface area contributed by atoms with Crippen molar-refractivity contribution in [2.45, 2.75) is 19.6 Å². The van der Waals surface area contributed by atoms with Crippen LogP contribution in [0.4, 0.5) is 4.39 Å². The van der Waals surface area contributed by atoms with Crippen molar-refractivity contribution in [1.29, 1.82) is 0 Å². The van der Waals surface area contributed by atoms with Crippen molar-refractivity contribution < 1.29 is 18.7 Å². The number of rotatable bonds is 6. The van der Waals surface area contributed by atoms with Gasteiger partial charge in [-0.25, -0.2) is 4.39 Å². The first kappa shape index (κ1) is 15.8. The van der Waals surface area contributed by atoms with Gasteiger partial charge < -0.3 is 14.8 Å². The third-order valence-electron chi connectivity index (χ3n) is 3.10. The van der Waals surface area contributed by atoms with Crippen molar-refractivity contribution in [1.82, 2.24) is 5.32 Å². The molecule has 0 aliphatic rings. The van der Waals surface area contributed by atoms with E-state index in [2.05, 4.69) is 5.32 Å². The Labute approximate surface area is 128 Å². The van der Waals surface area contributed by atoms with E-state index >= 15 is 0 Å². The highest BCUT2D eigenvalue weighted by Crippen LogP contribution is 2.14. The molecule has 22 heavy (non-hydrogen) atoms. The van der Waals surface area contributed by atoms with E-state index in [-0.39, 0.29) is 5.91 Å². The van der Waals surface area contributed by atoms with E-state index in [1.165, 1.54) is 18.2 Å². The molecular weight excluding hydrogens is 285 g/mol. The molecule has 0 aromatic heterocycles. The zero-order valence-corrected chi connectivity index (χ0v) is 12.5. The molecule has 0 unspecified atom stereocenters. The largest absolute Gasteiger partial charge is 0.497 e. The molecule has 0 bridgehead atoms. The maximum absolute atomic E-state index is 13.1. The zero-order valence-electron chi connectivity index (χ0n) is 12.5. The molecule has 1 amide bonds. The summed E-state index contributed by atoms with van der Waals surface area (Å²) in [6, 6.07) is 13.1. The minimum absolute atomic E-state index is 0.264. The summed E-state index contributed by atoms with van der Waals surface area (Å²) in [5.41, 5.74) is 0.951. The van der Waals surface area contributed by atoms with Crippen molar-refractivity contribution in [2.75, 3.05) is 7.11 Å². The average Bonchev–Trinajstić information content (AvgIpc) is 2.53. The Morgan fingerprint density at radius 3 is 2.55 bits per heavy atom. The van der Waals surface area contributed by atoms with Gasteiger partial charge in [0.05, 0.1) is 7.11 Å². The van der Waals surface area contributed by atoms with Crippen LogP contribution in [-0.2, 0) is 11.3 Å². The predicted octanol–water partition coefficient (Wildman–Crippen LogP) is 2.92. The number of nitrogens with one attached hydrogen (secondary N) is 1. The van der Waals surface area contributed by atoms with Crippen molar-refractivity contribution in [3.8, 4) is 11.5 Å². The molecule has 0 fully saturated rings. The summed E-state index contributed by atoms with van der Waals surface area (Å²) in [7, 11) is 1.60. The lowest BCUT2D eigenvalue weighted by atomic mass is 10.2. The summed E-state index contributed by atoms with van der Waals surface area (Å²) < 4.78 is 23.5. The number of hydrogen-bond donors (Lipinski definition) is 1. The van der Waals surface area contributed by atoms with Gasteiger partial charge in [-0.2, -0.15) is 0 Å². The third kappa shape index (κ3) is 4.48. The summed E-state index contributed by atoms with van der Waals surface area (Å²) in [5.74, 6) is 0.424. The lowest BCUT2D eigenvalue weighted by Gasteiger charge is -2.15. The lowest BCUT2D eigenvalue weighted by Crippen LogP contribution is -2.35. The molecule has 0 saturated carbocycles. The Kier molecular flexibility index (Phi) is 5.36. The fourth-order valence-corrected chi connectivity index (χ4v) is 1.87. The number of halogens is 1. The predicted molar refractivity (Wildman–Crippen MR) is 81.3 cm³/mol. The third-order valence-corrected chi connectivity index (χ3v) is 3.10. The Balaban J connectivity index is 1.85. The first-order chi connectivity index (χ1) is 10.6. The summed E-state index contributed by atoms with van der Waals surface area (Å²) in [5, 5.41) is 2.77. The van der Waals surface area contributed by atoms with Gasteiger partial charge in [0, 0.05) is 12.6 Å². The van der Waals surface area contributed by atoms with Crippen molar-refractivity contribution in [3.63, 3.8) is 0 Å². The summed E-state index contributed by atoms with van der Waals surface area (Å²) in [6.07, 6.45) is -0.708. The van der Waals surface area contributed by atoms with E-state index in [4.69, 9.17) is 9.47 Å². The van der Waals surface area contributed by atoms with Gasteiger partial charge >= 0.3 is 0 Å². The molecule has 0 aliphatic carbocycles. The van der Waals surface area contributed by atoms with E-state index in [1.807, 2.05) is 24.3 Å². The van der Waals surface area contributed by atoms with Crippen LogP contribution in [0.3, 0.4) is 0 Å². The van der Waals surface area contributed by atoms with E-state index in [0.717, 1.165) is 11.3 Å². The maximum atomic E-state index is 13.1. The summed E-state index contributed by atoms with van der Waals surface area (Å²) >= 11 is 0. The van der Waals surface area contributed by atoms with Crippen LogP contribution in [0.5, 0.6) is 11.5 Å². The van der Waals surface area contributed by atoms with E-state index in [9.17, 15) is 9.18 Å². The quantitative estimate of drug-likeness (QED) is 0.892. The van der Waals surface area contributed by atoms with Gasteiger partial charge in [-0.05, 0) is 36.8 Å². The van der Waals surface area contributed by atoms with Gasteiger partial charge in [-0.15, -0.1) is 0 Å². The van der Waals surface area contributed by atoms with Gasteiger partial charge in [0.1, 0.15) is 17.3 Å². The van der Waals surface area contributed by atoms with Crippen LogP contribution in [0.15, 0.2) is 48.5 Å². The van der Waals surface area contributed by atoms with Crippen LogP contribution < -0.4 is 14.8 Å². The molecular formula is C17H18FNO3. The second-order valence-electron chi connectivity index (χ2n) is 4.78. The molecule has 2 aromatic rings. The normalized spacial score (nSPS) is 11.6. The Bertz CT molecular complexity index is 628. The summed E-state index contributed by atoms with van der Waals surface area (Å²) in [4.78, 5) is 12.0. The van der Waals surface area contributed by atoms with Crippen molar-refractivity contribution in [2.24, 2.45) is 0 Å². The molecule has 2 rings (SSSR count). The number of carbonyl (C=O) groups is 1. The standard InChI is InChI=1S/C17H18FNO3/c1-12(22-16-5-3-4-14(18)10-16)17(20)19-11-13-6-8-15(21-2)9-7-13/h3-10,12H,11H2,1-2H3,(H,19,20)/t12-/m1/s1. The molecule has 0 spiro atoms. The highest BCUT2D eigenvalue weighted by molar-refractivity contribution is 5.80. The van der Waals surface area contributed by atoms with Crippen LogP contribution in [-0.4, -0.2) is 19.1 Å². The topological polar surface area (TPSA) is 47.6 Å². The first-order valence-corrected chi connectivity index (χ1v) is 6.91. The SMILES string of the molecule is COc1ccc(CNC(=O)[C@@H](C)Oc2cccc(F)c2)cc1. The fraction of sp³-hybridized carbons (Fsp3) is 0.235.